The van der Waals surface area contributed by atoms with Crippen molar-refractivity contribution < 1.29 is 17.9 Å². The number of fused-ring (bicyclic) bond motifs is 4. The molecule has 2 aromatic carbocycles. The van der Waals surface area contributed by atoms with Crippen LogP contribution in [0, 0.1) is 25.2 Å². The average molecular weight is 551 g/mol. The molecule has 1 aromatic heterocycles. The van der Waals surface area contributed by atoms with Crippen molar-refractivity contribution in [3.63, 3.8) is 0 Å². The molecule has 0 spiro atoms. The molecule has 1 N–H and O–H groups in total. The Morgan fingerprint density at radius 3 is 2.36 bits per heavy atom. The van der Waals surface area contributed by atoms with Gasteiger partial charge in [0, 0.05) is 23.7 Å². The first-order valence-corrected chi connectivity index (χ1v) is 14.7. The highest BCUT2D eigenvalue weighted by Gasteiger charge is 2.31. The summed E-state index contributed by atoms with van der Waals surface area (Å²) in [5.41, 5.74) is 3.55. The number of hydrogen-bond donors (Lipinski definition) is 1. The number of benzene rings is 2. The Hall–Kier alpha value is -3.46. The molecular weight excluding hydrogens is 512 g/mol. The molecule has 0 aliphatic carbocycles. The van der Waals surface area contributed by atoms with E-state index in [4.69, 9.17) is 4.74 Å². The number of carbonyl (C=O) groups is 1. The van der Waals surface area contributed by atoms with E-state index in [1.807, 2.05) is 36.9 Å². The summed E-state index contributed by atoms with van der Waals surface area (Å²) in [6.45, 7) is 15.1. The van der Waals surface area contributed by atoms with Gasteiger partial charge in [-0.3, -0.25) is 4.79 Å². The molecule has 208 valence electrons. The number of aryl methyl sites for hydroxylation is 2. The Balaban J connectivity index is 1.91. The third-order valence-electron chi connectivity index (χ3n) is 6.57. The van der Waals surface area contributed by atoms with E-state index in [0.717, 1.165) is 16.7 Å². The van der Waals surface area contributed by atoms with E-state index >= 15 is 0 Å². The molecule has 0 saturated heterocycles. The largest absolute Gasteiger partial charge is 0.475 e. The van der Waals surface area contributed by atoms with Crippen molar-refractivity contribution in [1.29, 1.82) is 0 Å². The topological polar surface area (TPSA) is 101 Å². The Bertz CT molecular complexity index is 1460. The predicted molar refractivity (Wildman–Crippen MR) is 153 cm³/mol. The third-order valence-corrected chi connectivity index (χ3v) is 7.90. The molecule has 1 atom stereocenters. The summed E-state index contributed by atoms with van der Waals surface area (Å²) >= 11 is 0. The summed E-state index contributed by atoms with van der Waals surface area (Å²) in [6.07, 6.45) is 0.708. The van der Waals surface area contributed by atoms with E-state index in [9.17, 15) is 13.2 Å². The van der Waals surface area contributed by atoms with Gasteiger partial charge in [0.2, 0.25) is 11.8 Å². The fourth-order valence-corrected chi connectivity index (χ4v) is 5.91. The quantitative estimate of drug-likeness (QED) is 0.437. The first-order valence-electron chi connectivity index (χ1n) is 13.3. The van der Waals surface area contributed by atoms with Crippen molar-refractivity contribution >= 4 is 21.9 Å². The standard InChI is InChI=1S/C30H38N4O4S/c1-19(2)14-23-17-38-26-16-25(27-20(3)10-8-11-21(27)4)31-29(32-26)33-39(36,37)24-13-9-12-22(15-24)28(35)34(23)18-30(5,6)7/h8-13,15-16,19,23H,14,17-18H2,1-7H3,(H,31,32,33)/t23-/m1/s1. The van der Waals surface area contributed by atoms with Crippen LogP contribution in [0.1, 0.15) is 62.5 Å². The van der Waals surface area contributed by atoms with Crippen LogP contribution in [0.2, 0.25) is 0 Å². The van der Waals surface area contributed by atoms with Gasteiger partial charge in [-0.05, 0) is 60.9 Å². The summed E-state index contributed by atoms with van der Waals surface area (Å²) in [4.78, 5) is 24.7. The highest BCUT2D eigenvalue weighted by atomic mass is 32.2. The number of amides is 1. The second-order valence-electron chi connectivity index (χ2n) is 11.9. The lowest BCUT2D eigenvalue weighted by Crippen LogP contribution is -2.48. The minimum absolute atomic E-state index is 0.0349. The maximum atomic E-state index is 13.9. The van der Waals surface area contributed by atoms with E-state index < -0.39 is 10.0 Å². The Labute approximate surface area is 231 Å². The van der Waals surface area contributed by atoms with Gasteiger partial charge in [-0.1, -0.05) is 58.9 Å². The van der Waals surface area contributed by atoms with Crippen LogP contribution in [-0.4, -0.2) is 48.4 Å². The van der Waals surface area contributed by atoms with Crippen molar-refractivity contribution in [3.8, 4) is 17.1 Å². The third kappa shape index (κ3) is 6.76. The van der Waals surface area contributed by atoms with Crippen LogP contribution in [0.25, 0.3) is 11.3 Å². The van der Waals surface area contributed by atoms with E-state index in [-0.39, 0.29) is 40.7 Å². The average Bonchev–Trinajstić information content (AvgIpc) is 2.83. The first kappa shape index (κ1) is 28.5. The molecule has 4 rings (SSSR count). The van der Waals surface area contributed by atoms with E-state index in [0.29, 0.717) is 30.1 Å². The van der Waals surface area contributed by atoms with Crippen LogP contribution in [-0.2, 0) is 10.0 Å². The summed E-state index contributed by atoms with van der Waals surface area (Å²) in [5.74, 6) is 0.213. The molecule has 1 aliphatic rings. The molecule has 1 amide bonds. The molecule has 0 saturated carbocycles. The van der Waals surface area contributed by atoms with Crippen LogP contribution in [0.4, 0.5) is 5.95 Å². The van der Waals surface area contributed by atoms with Crippen LogP contribution in [0.15, 0.2) is 53.4 Å². The van der Waals surface area contributed by atoms with Crippen molar-refractivity contribution in [3.05, 3.63) is 65.2 Å². The number of sulfonamides is 1. The van der Waals surface area contributed by atoms with Gasteiger partial charge in [0.15, 0.2) is 0 Å². The lowest BCUT2D eigenvalue weighted by Gasteiger charge is -2.37. The number of rotatable bonds is 4. The zero-order valence-electron chi connectivity index (χ0n) is 23.8. The number of carbonyl (C=O) groups excluding carboxylic acids is 1. The van der Waals surface area contributed by atoms with Gasteiger partial charge in [-0.15, -0.1) is 0 Å². The molecule has 39 heavy (non-hydrogen) atoms. The highest BCUT2D eigenvalue weighted by molar-refractivity contribution is 7.92. The summed E-state index contributed by atoms with van der Waals surface area (Å²) in [6, 6.07) is 13.5. The highest BCUT2D eigenvalue weighted by Crippen LogP contribution is 2.31. The van der Waals surface area contributed by atoms with Crippen LogP contribution in [0.5, 0.6) is 5.88 Å². The summed E-state index contributed by atoms with van der Waals surface area (Å²) in [7, 11) is -4.09. The second-order valence-corrected chi connectivity index (χ2v) is 13.6. The van der Waals surface area contributed by atoms with Crippen molar-refractivity contribution in [2.24, 2.45) is 11.3 Å². The van der Waals surface area contributed by atoms with Crippen molar-refractivity contribution in [1.82, 2.24) is 14.9 Å². The van der Waals surface area contributed by atoms with Crippen LogP contribution in [0.3, 0.4) is 0 Å². The Morgan fingerprint density at radius 2 is 1.72 bits per heavy atom. The van der Waals surface area contributed by atoms with Gasteiger partial charge >= 0.3 is 0 Å². The predicted octanol–water partition coefficient (Wildman–Crippen LogP) is 5.86. The van der Waals surface area contributed by atoms with E-state index in [1.54, 1.807) is 18.2 Å². The molecule has 9 heteroatoms. The number of hydrogen-bond acceptors (Lipinski definition) is 6. The molecule has 3 aromatic rings. The molecule has 0 fully saturated rings. The Morgan fingerprint density at radius 1 is 1.05 bits per heavy atom. The van der Waals surface area contributed by atoms with E-state index in [1.165, 1.54) is 12.1 Å². The normalized spacial score (nSPS) is 17.5. The lowest BCUT2D eigenvalue weighted by molar-refractivity contribution is 0.0477. The smallest absolute Gasteiger partial charge is 0.264 e. The SMILES string of the molecule is Cc1cccc(C)c1-c1cc2nc(n1)NS(=O)(=O)c1cccc(c1)C(=O)N(CC(C)(C)C)[C@H](CC(C)C)CO2. The molecule has 8 nitrogen and oxygen atoms in total. The van der Waals surface area contributed by atoms with Crippen molar-refractivity contribution in [2.75, 3.05) is 17.9 Å². The molecule has 2 heterocycles. The van der Waals surface area contributed by atoms with E-state index in [2.05, 4.69) is 49.3 Å². The maximum absolute atomic E-state index is 13.9. The number of ether oxygens (including phenoxy) is 1. The minimum Gasteiger partial charge on any atom is -0.475 e. The zero-order chi connectivity index (χ0) is 28.5. The molecular formula is C30H38N4O4S. The fraction of sp³-hybridized carbons (Fsp3) is 0.433. The van der Waals surface area contributed by atoms with Crippen LogP contribution < -0.4 is 9.46 Å². The van der Waals surface area contributed by atoms with Gasteiger partial charge < -0.3 is 9.64 Å². The lowest BCUT2D eigenvalue weighted by atomic mass is 9.93. The zero-order valence-corrected chi connectivity index (χ0v) is 24.6. The van der Waals surface area contributed by atoms with Crippen LogP contribution >= 0.6 is 0 Å². The summed E-state index contributed by atoms with van der Waals surface area (Å²) in [5, 5.41) is 0. The minimum atomic E-state index is -4.09. The van der Waals surface area contributed by atoms with Gasteiger partial charge in [0.1, 0.15) is 6.61 Å². The first-order chi connectivity index (χ1) is 18.2. The summed E-state index contributed by atoms with van der Waals surface area (Å²) < 4.78 is 35.6. The van der Waals surface area contributed by atoms with Gasteiger partial charge in [0.05, 0.1) is 16.6 Å². The number of nitrogens with zero attached hydrogens (tertiary/aromatic N) is 3. The monoisotopic (exact) mass is 550 g/mol. The molecule has 0 radical (unpaired) electrons. The van der Waals surface area contributed by atoms with Gasteiger partial charge in [-0.25, -0.2) is 18.1 Å². The number of anilines is 1. The fourth-order valence-electron chi connectivity index (χ4n) is 4.92. The Kier molecular flexibility index (Phi) is 8.02. The van der Waals surface area contributed by atoms with Crippen molar-refractivity contribution in [2.45, 2.75) is 65.8 Å². The number of aromatic nitrogens is 2. The molecule has 4 bridgehead atoms. The van der Waals surface area contributed by atoms with Gasteiger partial charge in [-0.2, -0.15) is 4.98 Å². The second kappa shape index (κ2) is 11.0. The maximum Gasteiger partial charge on any atom is 0.264 e. The van der Waals surface area contributed by atoms with Gasteiger partial charge in [0.25, 0.3) is 15.9 Å². The number of nitrogens with one attached hydrogen (secondary N) is 1. The molecule has 0 unspecified atom stereocenters. The molecule has 1 aliphatic heterocycles.